The third-order valence-corrected chi connectivity index (χ3v) is 2.89. The van der Waals surface area contributed by atoms with E-state index in [9.17, 15) is 13.6 Å². The first-order chi connectivity index (χ1) is 6.50. The SMILES string of the molecule is CC(=O)Cc1cc(Br)ccc1S(=O)[O-]. The van der Waals surface area contributed by atoms with E-state index in [1.54, 1.807) is 12.1 Å². The first-order valence-electron chi connectivity index (χ1n) is 3.88. The van der Waals surface area contributed by atoms with Crippen LogP contribution in [-0.4, -0.2) is 14.5 Å². The molecule has 1 aromatic rings. The minimum atomic E-state index is -2.29. The second-order valence-electron chi connectivity index (χ2n) is 2.87. The van der Waals surface area contributed by atoms with Gasteiger partial charge in [-0.15, -0.1) is 0 Å². The number of halogens is 1. The lowest BCUT2D eigenvalue weighted by molar-refractivity contribution is -0.116. The van der Waals surface area contributed by atoms with Crippen LogP contribution in [0.15, 0.2) is 27.6 Å². The largest absolute Gasteiger partial charge is 0.768 e. The molecule has 0 amide bonds. The molecular weight excluding hydrogens is 268 g/mol. The molecule has 1 unspecified atom stereocenters. The Labute approximate surface area is 92.9 Å². The van der Waals surface area contributed by atoms with Gasteiger partial charge in [-0.05, 0) is 41.8 Å². The van der Waals surface area contributed by atoms with Crippen LogP contribution in [0.2, 0.25) is 0 Å². The molecule has 0 aromatic heterocycles. The molecule has 0 aliphatic heterocycles. The second-order valence-corrected chi connectivity index (χ2v) is 4.69. The van der Waals surface area contributed by atoms with Gasteiger partial charge in [0.25, 0.3) is 0 Å². The summed E-state index contributed by atoms with van der Waals surface area (Å²) in [5.41, 5.74) is 0.528. The minimum absolute atomic E-state index is 0.0604. The number of hydrogen-bond acceptors (Lipinski definition) is 3. The number of rotatable bonds is 3. The van der Waals surface area contributed by atoms with Crippen molar-refractivity contribution in [3.8, 4) is 0 Å². The van der Waals surface area contributed by atoms with Crippen molar-refractivity contribution in [2.24, 2.45) is 0 Å². The fraction of sp³-hybridized carbons (Fsp3) is 0.222. The van der Waals surface area contributed by atoms with Gasteiger partial charge in [0.2, 0.25) is 0 Å². The molecule has 0 spiro atoms. The molecule has 1 atom stereocenters. The van der Waals surface area contributed by atoms with Gasteiger partial charge in [0, 0.05) is 15.8 Å². The van der Waals surface area contributed by atoms with Crippen LogP contribution in [0.25, 0.3) is 0 Å². The number of Topliss-reactive ketones (excluding diaryl/α,β-unsaturated/α-hetero) is 1. The highest BCUT2D eigenvalue weighted by molar-refractivity contribution is 9.10. The average molecular weight is 276 g/mol. The standard InChI is InChI=1S/C9H9BrO3S/c1-6(11)4-7-5-8(10)2-3-9(7)14(12)13/h2-3,5H,4H2,1H3,(H,12,13)/p-1. The second kappa shape index (κ2) is 4.82. The summed E-state index contributed by atoms with van der Waals surface area (Å²) in [6, 6.07) is 4.76. The van der Waals surface area contributed by atoms with Crippen molar-refractivity contribution in [3.05, 3.63) is 28.2 Å². The summed E-state index contributed by atoms with van der Waals surface area (Å²) in [6.07, 6.45) is 0.142. The van der Waals surface area contributed by atoms with Crippen LogP contribution in [0.1, 0.15) is 12.5 Å². The zero-order chi connectivity index (χ0) is 10.7. The van der Waals surface area contributed by atoms with Crippen molar-refractivity contribution in [1.82, 2.24) is 0 Å². The zero-order valence-corrected chi connectivity index (χ0v) is 9.85. The molecule has 0 radical (unpaired) electrons. The fourth-order valence-corrected chi connectivity index (χ4v) is 2.05. The molecule has 76 valence electrons. The summed E-state index contributed by atoms with van der Waals surface area (Å²) < 4.78 is 22.3. The Hall–Kier alpha value is -0.520. The maximum absolute atomic E-state index is 10.9. The van der Waals surface area contributed by atoms with Crippen LogP contribution in [0.3, 0.4) is 0 Å². The molecule has 14 heavy (non-hydrogen) atoms. The molecule has 5 heteroatoms. The monoisotopic (exact) mass is 275 g/mol. The molecule has 0 bridgehead atoms. The number of benzene rings is 1. The van der Waals surface area contributed by atoms with Gasteiger partial charge in [0.1, 0.15) is 5.78 Å². The van der Waals surface area contributed by atoms with E-state index in [0.717, 1.165) is 4.47 Å². The Kier molecular flexibility index (Phi) is 3.97. The van der Waals surface area contributed by atoms with E-state index >= 15 is 0 Å². The number of ketones is 1. The number of carbonyl (C=O) groups is 1. The quantitative estimate of drug-likeness (QED) is 0.791. The van der Waals surface area contributed by atoms with E-state index in [1.165, 1.54) is 13.0 Å². The molecule has 1 rings (SSSR count). The minimum Gasteiger partial charge on any atom is -0.768 e. The highest BCUT2D eigenvalue weighted by Gasteiger charge is 2.06. The highest BCUT2D eigenvalue weighted by atomic mass is 79.9. The lowest BCUT2D eigenvalue weighted by Crippen LogP contribution is -2.02. The van der Waals surface area contributed by atoms with Crippen LogP contribution in [0, 0.1) is 0 Å². The Morgan fingerprint density at radius 2 is 2.21 bits per heavy atom. The normalized spacial score (nSPS) is 12.5. The molecule has 0 N–H and O–H groups in total. The van der Waals surface area contributed by atoms with Crippen molar-refractivity contribution in [3.63, 3.8) is 0 Å². The van der Waals surface area contributed by atoms with Crippen LogP contribution in [-0.2, 0) is 22.3 Å². The molecule has 0 heterocycles. The van der Waals surface area contributed by atoms with Crippen LogP contribution >= 0.6 is 15.9 Å². The van der Waals surface area contributed by atoms with Crippen molar-refractivity contribution < 1.29 is 13.6 Å². The van der Waals surface area contributed by atoms with Gasteiger partial charge < -0.3 is 4.55 Å². The summed E-state index contributed by atoms with van der Waals surface area (Å²) in [5.74, 6) is -0.0604. The molecule has 3 nitrogen and oxygen atoms in total. The Morgan fingerprint density at radius 3 is 2.71 bits per heavy atom. The third-order valence-electron chi connectivity index (χ3n) is 1.64. The van der Waals surface area contributed by atoms with Crippen molar-refractivity contribution >= 4 is 32.8 Å². The Bertz CT molecular complexity index is 390. The van der Waals surface area contributed by atoms with Gasteiger partial charge in [0.15, 0.2) is 0 Å². The predicted molar refractivity (Wildman–Crippen MR) is 55.7 cm³/mol. The van der Waals surface area contributed by atoms with E-state index in [2.05, 4.69) is 15.9 Å². The lowest BCUT2D eigenvalue weighted by Gasteiger charge is -2.10. The molecule has 0 fully saturated rings. The summed E-state index contributed by atoms with van der Waals surface area (Å²) in [5, 5.41) is 0. The van der Waals surface area contributed by atoms with Gasteiger partial charge in [-0.3, -0.25) is 9.00 Å². The molecule has 1 aromatic carbocycles. The third kappa shape index (κ3) is 3.01. The van der Waals surface area contributed by atoms with Crippen LogP contribution < -0.4 is 0 Å². The highest BCUT2D eigenvalue weighted by Crippen LogP contribution is 2.19. The first kappa shape index (κ1) is 11.6. The summed E-state index contributed by atoms with van der Waals surface area (Å²) in [7, 11) is 0. The maximum Gasteiger partial charge on any atom is 0.134 e. The van der Waals surface area contributed by atoms with Crippen molar-refractivity contribution in [2.45, 2.75) is 18.2 Å². The Morgan fingerprint density at radius 1 is 1.57 bits per heavy atom. The summed E-state index contributed by atoms with van der Waals surface area (Å²) in [6.45, 7) is 1.43. The Balaban J connectivity index is 3.15. The zero-order valence-electron chi connectivity index (χ0n) is 7.45. The maximum atomic E-state index is 10.9. The van der Waals surface area contributed by atoms with Crippen LogP contribution in [0.5, 0.6) is 0 Å². The van der Waals surface area contributed by atoms with Crippen molar-refractivity contribution in [1.29, 1.82) is 0 Å². The molecule has 0 aliphatic carbocycles. The van der Waals surface area contributed by atoms with Crippen molar-refractivity contribution in [2.75, 3.05) is 0 Å². The average Bonchev–Trinajstić information content (AvgIpc) is 2.01. The number of hydrogen-bond donors (Lipinski definition) is 0. The van der Waals surface area contributed by atoms with E-state index in [1.807, 2.05) is 0 Å². The smallest absolute Gasteiger partial charge is 0.134 e. The molecule has 0 saturated carbocycles. The predicted octanol–water partition coefficient (Wildman–Crippen LogP) is 1.82. The van der Waals surface area contributed by atoms with E-state index in [4.69, 9.17) is 0 Å². The van der Waals surface area contributed by atoms with Gasteiger partial charge in [-0.2, -0.15) is 0 Å². The lowest BCUT2D eigenvalue weighted by atomic mass is 10.1. The van der Waals surface area contributed by atoms with Crippen LogP contribution in [0.4, 0.5) is 0 Å². The van der Waals surface area contributed by atoms with Gasteiger partial charge in [-0.25, -0.2) is 0 Å². The molecule has 0 saturated heterocycles. The molecular formula is C9H8BrO3S-. The summed E-state index contributed by atoms with van der Waals surface area (Å²) >= 11 is 0.935. The number of carbonyl (C=O) groups excluding carboxylic acids is 1. The summed E-state index contributed by atoms with van der Waals surface area (Å²) in [4.78, 5) is 11.1. The van der Waals surface area contributed by atoms with Gasteiger partial charge in [-0.1, -0.05) is 15.9 Å². The fourth-order valence-electron chi connectivity index (χ4n) is 1.12. The topological polar surface area (TPSA) is 57.2 Å². The van der Waals surface area contributed by atoms with E-state index < -0.39 is 11.1 Å². The van der Waals surface area contributed by atoms with E-state index in [0.29, 0.717) is 5.56 Å². The molecule has 0 aliphatic rings. The van der Waals surface area contributed by atoms with Gasteiger partial charge in [0.05, 0.1) is 0 Å². The van der Waals surface area contributed by atoms with Gasteiger partial charge >= 0.3 is 0 Å². The van der Waals surface area contributed by atoms with E-state index in [-0.39, 0.29) is 17.1 Å². The first-order valence-corrected chi connectivity index (χ1v) is 5.74.